The Kier molecular flexibility index (Phi) is 3.87. The van der Waals surface area contributed by atoms with Gasteiger partial charge < -0.3 is 11.1 Å². The third kappa shape index (κ3) is 3.01. The predicted octanol–water partition coefficient (Wildman–Crippen LogP) is 4.34. The molecule has 94 valence electrons. The van der Waals surface area contributed by atoms with Gasteiger partial charge in [-0.2, -0.15) is 0 Å². The van der Waals surface area contributed by atoms with Crippen LogP contribution in [0.1, 0.15) is 18.5 Å². The average molecular weight is 309 g/mol. The zero-order valence-electron chi connectivity index (χ0n) is 9.95. The molecule has 0 aliphatic rings. The largest absolute Gasteiger partial charge is 0.397 e. The zero-order chi connectivity index (χ0) is 13.1. The van der Waals surface area contributed by atoms with Gasteiger partial charge in [0.15, 0.2) is 0 Å². The van der Waals surface area contributed by atoms with Gasteiger partial charge in [0.2, 0.25) is 0 Å². The summed E-state index contributed by atoms with van der Waals surface area (Å²) >= 11 is 3.39. The number of nitrogen functional groups attached to an aromatic ring is 1. The number of hydrogen-bond donors (Lipinski definition) is 2. The Bertz CT molecular complexity index is 540. The van der Waals surface area contributed by atoms with Crippen molar-refractivity contribution >= 4 is 27.3 Å². The first-order chi connectivity index (χ1) is 8.56. The number of hydrogen-bond acceptors (Lipinski definition) is 2. The van der Waals surface area contributed by atoms with Crippen molar-refractivity contribution in [1.82, 2.24) is 0 Å². The van der Waals surface area contributed by atoms with Crippen LogP contribution in [0.5, 0.6) is 0 Å². The molecule has 4 heteroatoms. The first kappa shape index (κ1) is 12.9. The van der Waals surface area contributed by atoms with E-state index in [0.29, 0.717) is 11.4 Å². The molecule has 0 aliphatic carbocycles. The lowest BCUT2D eigenvalue weighted by Gasteiger charge is -2.17. The fraction of sp³-hybridized carbons (Fsp3) is 0.143. The molecular weight excluding hydrogens is 295 g/mol. The van der Waals surface area contributed by atoms with Crippen LogP contribution < -0.4 is 11.1 Å². The van der Waals surface area contributed by atoms with E-state index in [4.69, 9.17) is 5.73 Å². The van der Waals surface area contributed by atoms with Crippen molar-refractivity contribution in [2.24, 2.45) is 0 Å². The molecule has 2 rings (SSSR count). The fourth-order valence-electron chi connectivity index (χ4n) is 1.72. The highest BCUT2D eigenvalue weighted by Crippen LogP contribution is 2.25. The van der Waals surface area contributed by atoms with Crippen molar-refractivity contribution in [3.63, 3.8) is 0 Å². The molecule has 0 saturated heterocycles. The Morgan fingerprint density at radius 3 is 2.50 bits per heavy atom. The van der Waals surface area contributed by atoms with Crippen LogP contribution in [-0.4, -0.2) is 0 Å². The van der Waals surface area contributed by atoms with Crippen molar-refractivity contribution < 1.29 is 4.39 Å². The number of nitrogens with two attached hydrogens (primary N) is 1. The number of rotatable bonds is 3. The zero-order valence-corrected chi connectivity index (χ0v) is 11.5. The third-order valence-electron chi connectivity index (χ3n) is 2.76. The van der Waals surface area contributed by atoms with Gasteiger partial charge in [-0.05, 0) is 42.8 Å². The molecular formula is C14H14BrFN2. The molecule has 0 bridgehead atoms. The molecule has 2 aromatic carbocycles. The van der Waals surface area contributed by atoms with E-state index < -0.39 is 0 Å². The SMILES string of the molecule is CC(Nc1cc(F)ccc1N)c1ccc(Br)cc1. The minimum Gasteiger partial charge on any atom is -0.397 e. The summed E-state index contributed by atoms with van der Waals surface area (Å²) in [4.78, 5) is 0. The average Bonchev–Trinajstić information content (AvgIpc) is 2.34. The van der Waals surface area contributed by atoms with Crippen LogP contribution in [0.15, 0.2) is 46.9 Å². The van der Waals surface area contributed by atoms with Crippen molar-refractivity contribution in [2.75, 3.05) is 11.1 Å². The molecule has 0 aromatic heterocycles. The van der Waals surface area contributed by atoms with E-state index >= 15 is 0 Å². The number of halogens is 2. The second-order valence-corrected chi connectivity index (χ2v) is 5.06. The fourth-order valence-corrected chi connectivity index (χ4v) is 1.99. The normalized spacial score (nSPS) is 12.2. The van der Waals surface area contributed by atoms with Gasteiger partial charge in [0.25, 0.3) is 0 Å². The molecule has 3 N–H and O–H groups in total. The molecule has 1 unspecified atom stereocenters. The molecule has 0 saturated carbocycles. The van der Waals surface area contributed by atoms with E-state index in [1.165, 1.54) is 12.1 Å². The number of anilines is 2. The summed E-state index contributed by atoms with van der Waals surface area (Å²) in [5, 5.41) is 3.21. The van der Waals surface area contributed by atoms with Crippen LogP contribution in [0.3, 0.4) is 0 Å². The second-order valence-electron chi connectivity index (χ2n) is 4.15. The summed E-state index contributed by atoms with van der Waals surface area (Å²) < 4.78 is 14.2. The topological polar surface area (TPSA) is 38.0 Å². The van der Waals surface area contributed by atoms with Gasteiger partial charge in [0, 0.05) is 10.5 Å². The van der Waals surface area contributed by atoms with Crippen LogP contribution in [0.4, 0.5) is 15.8 Å². The van der Waals surface area contributed by atoms with Gasteiger partial charge >= 0.3 is 0 Å². The molecule has 1 atom stereocenters. The maximum atomic E-state index is 13.2. The molecule has 0 spiro atoms. The third-order valence-corrected chi connectivity index (χ3v) is 3.29. The Morgan fingerprint density at radius 2 is 1.83 bits per heavy atom. The lowest BCUT2D eigenvalue weighted by molar-refractivity contribution is 0.628. The van der Waals surface area contributed by atoms with Gasteiger partial charge in [-0.15, -0.1) is 0 Å². The Morgan fingerprint density at radius 1 is 1.17 bits per heavy atom. The van der Waals surface area contributed by atoms with Gasteiger partial charge in [-0.1, -0.05) is 28.1 Å². The summed E-state index contributed by atoms with van der Waals surface area (Å²) in [6.07, 6.45) is 0. The van der Waals surface area contributed by atoms with Crippen molar-refractivity contribution in [3.8, 4) is 0 Å². The van der Waals surface area contributed by atoms with E-state index in [2.05, 4.69) is 21.2 Å². The van der Waals surface area contributed by atoms with E-state index in [1.807, 2.05) is 31.2 Å². The van der Waals surface area contributed by atoms with Crippen molar-refractivity contribution in [3.05, 3.63) is 58.3 Å². The van der Waals surface area contributed by atoms with Crippen LogP contribution >= 0.6 is 15.9 Å². The summed E-state index contributed by atoms with van der Waals surface area (Å²) in [5.41, 5.74) is 8.07. The Balaban J connectivity index is 2.18. The molecule has 0 heterocycles. The van der Waals surface area contributed by atoms with Crippen molar-refractivity contribution in [2.45, 2.75) is 13.0 Å². The van der Waals surface area contributed by atoms with Gasteiger partial charge in [0.05, 0.1) is 11.4 Å². The smallest absolute Gasteiger partial charge is 0.125 e. The quantitative estimate of drug-likeness (QED) is 0.828. The van der Waals surface area contributed by atoms with Crippen LogP contribution in [-0.2, 0) is 0 Å². The summed E-state index contributed by atoms with van der Waals surface area (Å²) in [7, 11) is 0. The Hall–Kier alpha value is -1.55. The monoisotopic (exact) mass is 308 g/mol. The lowest BCUT2D eigenvalue weighted by atomic mass is 10.1. The highest BCUT2D eigenvalue weighted by molar-refractivity contribution is 9.10. The van der Waals surface area contributed by atoms with Gasteiger partial charge in [-0.25, -0.2) is 4.39 Å². The van der Waals surface area contributed by atoms with Gasteiger partial charge in [0.1, 0.15) is 5.82 Å². The highest BCUT2D eigenvalue weighted by atomic mass is 79.9. The summed E-state index contributed by atoms with van der Waals surface area (Å²) in [6.45, 7) is 2.01. The lowest BCUT2D eigenvalue weighted by Crippen LogP contribution is -2.08. The molecule has 2 nitrogen and oxygen atoms in total. The first-order valence-corrected chi connectivity index (χ1v) is 6.42. The predicted molar refractivity (Wildman–Crippen MR) is 77.0 cm³/mol. The van der Waals surface area contributed by atoms with E-state index in [-0.39, 0.29) is 11.9 Å². The van der Waals surface area contributed by atoms with E-state index in [9.17, 15) is 4.39 Å². The standard InChI is InChI=1S/C14H14BrFN2/c1-9(10-2-4-11(15)5-3-10)18-14-8-12(16)6-7-13(14)17/h2-9,18H,17H2,1H3. The summed E-state index contributed by atoms with van der Waals surface area (Å²) in [6, 6.07) is 12.4. The van der Waals surface area contributed by atoms with Crippen LogP contribution in [0.2, 0.25) is 0 Å². The summed E-state index contributed by atoms with van der Waals surface area (Å²) in [5.74, 6) is -0.297. The maximum Gasteiger partial charge on any atom is 0.125 e. The minimum absolute atomic E-state index is 0.0576. The number of benzene rings is 2. The molecule has 0 aliphatic heterocycles. The Labute approximate surface area is 114 Å². The second kappa shape index (κ2) is 5.40. The maximum absolute atomic E-state index is 13.2. The molecule has 18 heavy (non-hydrogen) atoms. The first-order valence-electron chi connectivity index (χ1n) is 5.63. The van der Waals surface area contributed by atoms with E-state index in [0.717, 1.165) is 10.0 Å². The number of nitrogens with one attached hydrogen (secondary N) is 1. The molecule has 0 fully saturated rings. The van der Waals surface area contributed by atoms with Gasteiger partial charge in [-0.3, -0.25) is 0 Å². The highest BCUT2D eigenvalue weighted by Gasteiger charge is 2.08. The minimum atomic E-state index is -0.297. The molecule has 0 radical (unpaired) electrons. The van der Waals surface area contributed by atoms with Crippen LogP contribution in [0.25, 0.3) is 0 Å². The molecule has 2 aromatic rings. The van der Waals surface area contributed by atoms with Crippen molar-refractivity contribution in [1.29, 1.82) is 0 Å². The molecule has 0 amide bonds. The van der Waals surface area contributed by atoms with E-state index in [1.54, 1.807) is 6.07 Å². The van der Waals surface area contributed by atoms with Crippen LogP contribution in [0, 0.1) is 5.82 Å².